The number of ketones is 1. The molecule has 6 nitrogen and oxygen atoms in total. The van der Waals surface area contributed by atoms with Crippen molar-refractivity contribution < 1.29 is 18.7 Å². The Morgan fingerprint density at radius 2 is 1.68 bits per heavy atom. The maximum absolute atomic E-state index is 14.1. The molecule has 1 aliphatic carbocycles. The molecule has 6 rings (SSSR count). The number of furan rings is 1. The van der Waals surface area contributed by atoms with Crippen LogP contribution >= 0.6 is 0 Å². The SMILES string of the molecule is COc1ccc([C@@H]2CC(=O)C3=C(C2)Nc2ccccc2N(C(=O)c2ccccc2)[C@H]3c2ccco2)cc1. The number of rotatable bonds is 4. The number of anilines is 2. The lowest BCUT2D eigenvalue weighted by atomic mass is 9.79. The molecule has 0 saturated carbocycles. The molecule has 1 N–H and O–H groups in total. The molecule has 1 amide bonds. The standard InChI is InChI=1S/C31H26N2O4/c1-36-23-15-13-20(14-16-23)22-18-25-29(27(34)19-22)30(28-12-7-17-37-28)33(26-11-6-5-10-24(26)32-25)31(35)21-8-3-2-4-9-21/h2-17,22,30,32H,18-19H2,1H3/t22-,30-/m0/s1. The third-order valence-electron chi connectivity index (χ3n) is 7.13. The maximum Gasteiger partial charge on any atom is 0.259 e. The van der Waals surface area contributed by atoms with E-state index in [-0.39, 0.29) is 17.6 Å². The molecule has 2 atom stereocenters. The van der Waals surface area contributed by atoms with E-state index in [9.17, 15) is 9.59 Å². The van der Waals surface area contributed by atoms with Crippen molar-refractivity contribution in [1.82, 2.24) is 0 Å². The summed E-state index contributed by atoms with van der Waals surface area (Å²) in [6.07, 6.45) is 2.55. The molecule has 1 aromatic heterocycles. The van der Waals surface area contributed by atoms with Crippen molar-refractivity contribution in [2.75, 3.05) is 17.3 Å². The van der Waals surface area contributed by atoms with Gasteiger partial charge in [0.2, 0.25) is 0 Å². The zero-order chi connectivity index (χ0) is 25.4. The summed E-state index contributed by atoms with van der Waals surface area (Å²) in [5.74, 6) is 1.13. The molecule has 0 radical (unpaired) electrons. The Bertz CT molecular complexity index is 1470. The van der Waals surface area contributed by atoms with Gasteiger partial charge in [-0.15, -0.1) is 0 Å². The van der Waals surface area contributed by atoms with E-state index in [0.29, 0.717) is 35.4 Å². The van der Waals surface area contributed by atoms with Gasteiger partial charge >= 0.3 is 0 Å². The van der Waals surface area contributed by atoms with E-state index in [1.165, 1.54) is 0 Å². The van der Waals surface area contributed by atoms with E-state index < -0.39 is 6.04 Å². The predicted octanol–water partition coefficient (Wildman–Crippen LogP) is 6.50. The number of carbonyl (C=O) groups excluding carboxylic acids is 2. The number of hydrogen-bond acceptors (Lipinski definition) is 5. The molecule has 2 heterocycles. The summed E-state index contributed by atoms with van der Waals surface area (Å²) >= 11 is 0. The van der Waals surface area contributed by atoms with E-state index in [1.807, 2.05) is 72.8 Å². The van der Waals surface area contributed by atoms with Gasteiger partial charge in [-0.1, -0.05) is 42.5 Å². The number of fused-ring (bicyclic) bond motifs is 1. The van der Waals surface area contributed by atoms with Gasteiger partial charge in [0.05, 0.1) is 24.7 Å². The summed E-state index contributed by atoms with van der Waals surface area (Å²) < 4.78 is 11.2. The average Bonchev–Trinajstić information content (AvgIpc) is 3.43. The maximum atomic E-state index is 14.1. The monoisotopic (exact) mass is 490 g/mol. The van der Waals surface area contributed by atoms with Crippen LogP contribution in [-0.2, 0) is 4.79 Å². The first-order valence-corrected chi connectivity index (χ1v) is 12.3. The van der Waals surface area contributed by atoms with Crippen molar-refractivity contribution in [2.45, 2.75) is 24.8 Å². The normalized spacial score (nSPS) is 18.9. The Kier molecular flexibility index (Phi) is 5.85. The molecule has 37 heavy (non-hydrogen) atoms. The van der Waals surface area contributed by atoms with Crippen LogP contribution in [0.15, 0.2) is 113 Å². The molecule has 0 saturated heterocycles. The lowest BCUT2D eigenvalue weighted by Crippen LogP contribution is -2.38. The molecule has 184 valence electrons. The van der Waals surface area contributed by atoms with Crippen molar-refractivity contribution in [3.63, 3.8) is 0 Å². The van der Waals surface area contributed by atoms with Gasteiger partial charge in [0.25, 0.3) is 5.91 Å². The van der Waals surface area contributed by atoms with Gasteiger partial charge in [0.15, 0.2) is 5.78 Å². The van der Waals surface area contributed by atoms with Crippen LogP contribution in [-0.4, -0.2) is 18.8 Å². The van der Waals surface area contributed by atoms with E-state index in [1.54, 1.807) is 36.5 Å². The number of amides is 1. The molecule has 0 spiro atoms. The van der Waals surface area contributed by atoms with Crippen molar-refractivity contribution in [1.29, 1.82) is 0 Å². The van der Waals surface area contributed by atoms with Crippen LogP contribution in [0.2, 0.25) is 0 Å². The van der Waals surface area contributed by atoms with Crippen molar-refractivity contribution in [3.8, 4) is 5.75 Å². The minimum atomic E-state index is -0.696. The molecule has 6 heteroatoms. The van der Waals surface area contributed by atoms with Crippen LogP contribution in [0, 0.1) is 0 Å². The van der Waals surface area contributed by atoms with E-state index in [2.05, 4.69) is 5.32 Å². The fraction of sp³-hybridized carbons (Fsp3) is 0.161. The number of allylic oxidation sites excluding steroid dienone is 1. The lowest BCUT2D eigenvalue weighted by Gasteiger charge is -2.33. The number of hydrogen-bond donors (Lipinski definition) is 1. The topological polar surface area (TPSA) is 71.8 Å². The highest BCUT2D eigenvalue weighted by Gasteiger charge is 2.43. The van der Waals surface area contributed by atoms with Crippen molar-refractivity contribution >= 4 is 23.1 Å². The highest BCUT2D eigenvalue weighted by Crippen LogP contribution is 2.48. The van der Waals surface area contributed by atoms with E-state index in [4.69, 9.17) is 9.15 Å². The number of ether oxygens (including phenoxy) is 1. The Hall–Kier alpha value is -4.58. The third kappa shape index (κ3) is 4.10. The quantitative estimate of drug-likeness (QED) is 0.353. The molecule has 0 fully saturated rings. The molecular weight excluding hydrogens is 464 g/mol. The molecule has 3 aromatic carbocycles. The highest BCUT2D eigenvalue weighted by atomic mass is 16.5. The summed E-state index contributed by atoms with van der Waals surface area (Å²) in [5, 5.41) is 3.54. The number of benzene rings is 3. The van der Waals surface area contributed by atoms with Crippen LogP contribution in [0.5, 0.6) is 5.75 Å². The zero-order valence-electron chi connectivity index (χ0n) is 20.4. The summed E-state index contributed by atoms with van der Waals surface area (Å²) in [5.41, 5.74) is 4.47. The second-order valence-corrected chi connectivity index (χ2v) is 9.30. The van der Waals surface area contributed by atoms with Gasteiger partial charge in [0.1, 0.15) is 17.6 Å². The number of nitrogens with zero attached hydrogens (tertiary/aromatic N) is 1. The number of methoxy groups -OCH3 is 1. The fourth-order valence-electron chi connectivity index (χ4n) is 5.36. The first-order chi connectivity index (χ1) is 18.1. The summed E-state index contributed by atoms with van der Waals surface area (Å²) in [7, 11) is 1.64. The van der Waals surface area contributed by atoms with Crippen molar-refractivity contribution in [2.24, 2.45) is 0 Å². The molecule has 0 unspecified atom stereocenters. The third-order valence-corrected chi connectivity index (χ3v) is 7.13. The Morgan fingerprint density at radius 1 is 0.919 bits per heavy atom. The van der Waals surface area contributed by atoms with Gasteiger partial charge < -0.3 is 14.5 Å². The van der Waals surface area contributed by atoms with Crippen LogP contribution in [0.1, 0.15) is 46.5 Å². The second-order valence-electron chi connectivity index (χ2n) is 9.30. The first-order valence-electron chi connectivity index (χ1n) is 12.3. The molecule has 4 aromatic rings. The smallest absolute Gasteiger partial charge is 0.259 e. The Labute approximate surface area is 215 Å². The largest absolute Gasteiger partial charge is 0.497 e. The average molecular weight is 491 g/mol. The summed E-state index contributed by atoms with van der Waals surface area (Å²) in [6, 6.07) is 27.6. The van der Waals surface area contributed by atoms with Crippen LogP contribution in [0.25, 0.3) is 0 Å². The number of nitrogens with one attached hydrogen (secondary N) is 1. The van der Waals surface area contributed by atoms with E-state index in [0.717, 1.165) is 22.7 Å². The predicted molar refractivity (Wildman–Crippen MR) is 142 cm³/mol. The zero-order valence-corrected chi connectivity index (χ0v) is 20.4. The molecule has 0 bridgehead atoms. The minimum Gasteiger partial charge on any atom is -0.497 e. The van der Waals surface area contributed by atoms with Gasteiger partial charge in [-0.25, -0.2) is 0 Å². The summed E-state index contributed by atoms with van der Waals surface area (Å²) in [6.45, 7) is 0. The Balaban J connectivity index is 1.51. The molecule has 1 aliphatic heterocycles. The second kappa shape index (κ2) is 9.47. The molecule has 2 aliphatic rings. The van der Waals surface area contributed by atoms with Crippen LogP contribution < -0.4 is 15.0 Å². The van der Waals surface area contributed by atoms with Crippen LogP contribution in [0.4, 0.5) is 11.4 Å². The molecular formula is C31H26N2O4. The van der Waals surface area contributed by atoms with Crippen LogP contribution in [0.3, 0.4) is 0 Å². The van der Waals surface area contributed by atoms with Gasteiger partial charge in [-0.2, -0.15) is 0 Å². The van der Waals surface area contributed by atoms with Crippen molar-refractivity contribution in [3.05, 3.63) is 125 Å². The van der Waals surface area contributed by atoms with Gasteiger partial charge in [-0.3, -0.25) is 14.5 Å². The number of Topliss-reactive ketones (excluding diaryl/α,β-unsaturated/α-hetero) is 1. The number of carbonyl (C=O) groups is 2. The van der Waals surface area contributed by atoms with E-state index >= 15 is 0 Å². The summed E-state index contributed by atoms with van der Waals surface area (Å²) in [4.78, 5) is 29.7. The highest BCUT2D eigenvalue weighted by molar-refractivity contribution is 6.11. The minimum absolute atomic E-state index is 0.00497. The van der Waals surface area contributed by atoms with Gasteiger partial charge in [-0.05, 0) is 66.4 Å². The first kappa shape index (κ1) is 22.9. The lowest BCUT2D eigenvalue weighted by molar-refractivity contribution is -0.116. The Morgan fingerprint density at radius 3 is 2.41 bits per heavy atom. The fourth-order valence-corrected chi connectivity index (χ4v) is 5.36. The number of para-hydroxylation sites is 2. The van der Waals surface area contributed by atoms with Gasteiger partial charge in [0, 0.05) is 23.3 Å².